The van der Waals surface area contributed by atoms with Crippen LogP contribution in [0.25, 0.3) is 0 Å². The molecule has 0 saturated carbocycles. The van der Waals surface area contributed by atoms with Gasteiger partial charge >= 0.3 is 0 Å². The SMILES string of the molecule is C=CCN1CC[C@H](Nc2cc(C[S@@](C)=O)ccc2Cl)C1=O. The zero-order valence-electron chi connectivity index (χ0n) is 12.0. The van der Waals surface area contributed by atoms with E-state index in [1.807, 2.05) is 12.1 Å². The number of hydrogen-bond acceptors (Lipinski definition) is 3. The molecule has 2 atom stereocenters. The topological polar surface area (TPSA) is 49.4 Å². The van der Waals surface area contributed by atoms with Crippen LogP contribution in [0.4, 0.5) is 5.69 Å². The Labute approximate surface area is 132 Å². The quantitative estimate of drug-likeness (QED) is 0.817. The largest absolute Gasteiger partial charge is 0.372 e. The molecule has 0 spiro atoms. The van der Waals surface area contributed by atoms with Gasteiger partial charge in [0.25, 0.3) is 0 Å². The van der Waals surface area contributed by atoms with Crippen LogP contribution >= 0.6 is 11.6 Å². The average Bonchev–Trinajstić information content (AvgIpc) is 2.75. The summed E-state index contributed by atoms with van der Waals surface area (Å²) in [6.07, 6.45) is 4.13. The summed E-state index contributed by atoms with van der Waals surface area (Å²) in [6, 6.07) is 5.24. The van der Waals surface area contributed by atoms with E-state index < -0.39 is 10.8 Å². The van der Waals surface area contributed by atoms with Crippen LogP contribution in [0.3, 0.4) is 0 Å². The number of carbonyl (C=O) groups excluding carboxylic acids is 1. The summed E-state index contributed by atoms with van der Waals surface area (Å²) >= 11 is 6.18. The van der Waals surface area contributed by atoms with E-state index in [4.69, 9.17) is 11.6 Å². The van der Waals surface area contributed by atoms with Crippen molar-refractivity contribution in [2.45, 2.75) is 18.2 Å². The van der Waals surface area contributed by atoms with Crippen molar-refractivity contribution in [1.29, 1.82) is 0 Å². The molecule has 1 aromatic carbocycles. The monoisotopic (exact) mass is 326 g/mol. The van der Waals surface area contributed by atoms with E-state index in [9.17, 15) is 9.00 Å². The van der Waals surface area contributed by atoms with Crippen molar-refractivity contribution in [3.05, 3.63) is 41.4 Å². The maximum absolute atomic E-state index is 12.2. The Kier molecular flexibility index (Phi) is 5.42. The van der Waals surface area contributed by atoms with Gasteiger partial charge in [0, 0.05) is 35.9 Å². The zero-order chi connectivity index (χ0) is 15.4. The molecule has 0 unspecified atom stereocenters. The lowest BCUT2D eigenvalue weighted by Gasteiger charge is -2.17. The molecule has 6 heteroatoms. The lowest BCUT2D eigenvalue weighted by Crippen LogP contribution is -2.33. The molecular weight excluding hydrogens is 308 g/mol. The Morgan fingerprint density at radius 3 is 3.00 bits per heavy atom. The minimum absolute atomic E-state index is 0.0652. The number of anilines is 1. The highest BCUT2D eigenvalue weighted by molar-refractivity contribution is 7.83. The standard InChI is InChI=1S/C15H19ClN2O2S/c1-3-7-18-8-6-13(15(18)19)17-14-9-11(10-21(2)20)4-5-12(14)16/h3-5,9,13,17H,1,6-8,10H2,2H3/t13-,21+/m0/s1. The third-order valence-electron chi connectivity index (χ3n) is 3.38. The normalized spacial score (nSPS) is 19.6. The minimum atomic E-state index is -0.908. The average molecular weight is 327 g/mol. The van der Waals surface area contributed by atoms with E-state index in [0.29, 0.717) is 17.3 Å². The van der Waals surface area contributed by atoms with Crippen molar-refractivity contribution in [2.24, 2.45) is 0 Å². The van der Waals surface area contributed by atoms with Crippen molar-refractivity contribution in [3.63, 3.8) is 0 Å². The molecule has 0 aromatic heterocycles. The van der Waals surface area contributed by atoms with Crippen molar-refractivity contribution >= 4 is 34.0 Å². The Bertz CT molecular complexity index is 577. The summed E-state index contributed by atoms with van der Waals surface area (Å²) in [5, 5.41) is 3.77. The lowest BCUT2D eigenvalue weighted by molar-refractivity contribution is -0.127. The highest BCUT2D eigenvalue weighted by atomic mass is 35.5. The third kappa shape index (κ3) is 4.08. The zero-order valence-corrected chi connectivity index (χ0v) is 13.5. The Hall–Kier alpha value is -1.33. The number of nitrogens with zero attached hydrogens (tertiary/aromatic N) is 1. The van der Waals surface area contributed by atoms with Gasteiger partial charge in [0.05, 0.1) is 10.7 Å². The van der Waals surface area contributed by atoms with Crippen molar-refractivity contribution in [3.8, 4) is 0 Å². The van der Waals surface area contributed by atoms with Gasteiger partial charge in [-0.15, -0.1) is 6.58 Å². The molecule has 1 aliphatic rings. The van der Waals surface area contributed by atoms with Gasteiger partial charge in [0.1, 0.15) is 6.04 Å². The van der Waals surface area contributed by atoms with E-state index in [-0.39, 0.29) is 11.9 Å². The predicted octanol–water partition coefficient (Wildman–Crippen LogP) is 2.42. The van der Waals surface area contributed by atoms with Gasteiger partial charge in [0.15, 0.2) is 0 Å². The van der Waals surface area contributed by atoms with Gasteiger partial charge in [-0.25, -0.2) is 0 Å². The molecule has 1 aromatic rings. The molecular formula is C15H19ClN2O2S. The number of nitrogens with one attached hydrogen (secondary N) is 1. The Morgan fingerprint density at radius 2 is 2.33 bits per heavy atom. The Balaban J connectivity index is 2.10. The molecule has 0 radical (unpaired) electrons. The van der Waals surface area contributed by atoms with Gasteiger partial charge in [-0.05, 0) is 24.1 Å². The molecule has 0 aliphatic carbocycles. The molecule has 1 saturated heterocycles. The van der Waals surface area contributed by atoms with Crippen LogP contribution in [0.1, 0.15) is 12.0 Å². The molecule has 1 amide bonds. The van der Waals surface area contributed by atoms with Gasteiger partial charge in [-0.2, -0.15) is 0 Å². The van der Waals surface area contributed by atoms with Crippen LogP contribution in [0.2, 0.25) is 5.02 Å². The second-order valence-electron chi connectivity index (χ2n) is 5.09. The van der Waals surface area contributed by atoms with Crippen molar-refractivity contribution in [2.75, 3.05) is 24.7 Å². The number of rotatable bonds is 6. The first-order valence-electron chi connectivity index (χ1n) is 6.76. The van der Waals surface area contributed by atoms with Gasteiger partial charge in [-0.3, -0.25) is 9.00 Å². The van der Waals surface area contributed by atoms with Gasteiger partial charge in [0.2, 0.25) is 5.91 Å². The first-order valence-corrected chi connectivity index (χ1v) is 8.86. The first-order chi connectivity index (χ1) is 10.0. The maximum atomic E-state index is 12.2. The molecule has 21 heavy (non-hydrogen) atoms. The van der Waals surface area contributed by atoms with Crippen LogP contribution in [-0.2, 0) is 21.3 Å². The van der Waals surface area contributed by atoms with Crippen molar-refractivity contribution in [1.82, 2.24) is 4.90 Å². The van der Waals surface area contributed by atoms with E-state index in [1.54, 1.807) is 23.3 Å². The smallest absolute Gasteiger partial charge is 0.245 e. The highest BCUT2D eigenvalue weighted by Gasteiger charge is 2.30. The van der Waals surface area contributed by atoms with Gasteiger partial charge in [-0.1, -0.05) is 23.7 Å². The molecule has 0 bridgehead atoms. The minimum Gasteiger partial charge on any atom is -0.372 e. The molecule has 2 rings (SSSR count). The Morgan fingerprint density at radius 1 is 1.57 bits per heavy atom. The number of halogens is 1. The number of amides is 1. The molecule has 4 nitrogen and oxygen atoms in total. The summed E-state index contributed by atoms with van der Waals surface area (Å²) in [6.45, 7) is 4.95. The van der Waals surface area contributed by atoms with Gasteiger partial charge < -0.3 is 10.2 Å². The van der Waals surface area contributed by atoms with E-state index in [2.05, 4.69) is 11.9 Å². The summed E-state index contributed by atoms with van der Waals surface area (Å²) in [5.74, 6) is 0.544. The van der Waals surface area contributed by atoms with E-state index >= 15 is 0 Å². The van der Waals surface area contributed by atoms with Crippen molar-refractivity contribution < 1.29 is 9.00 Å². The summed E-state index contributed by atoms with van der Waals surface area (Å²) in [4.78, 5) is 14.0. The van der Waals surface area contributed by atoms with E-state index in [0.717, 1.165) is 24.2 Å². The highest BCUT2D eigenvalue weighted by Crippen LogP contribution is 2.26. The molecule has 1 aliphatic heterocycles. The summed E-state index contributed by atoms with van der Waals surface area (Å²) in [5.41, 5.74) is 1.66. The van der Waals surface area contributed by atoms with Crippen LogP contribution in [0.15, 0.2) is 30.9 Å². The number of hydrogen-bond donors (Lipinski definition) is 1. The summed E-state index contributed by atoms with van der Waals surface area (Å²) < 4.78 is 11.3. The molecule has 1 N–H and O–H groups in total. The third-order valence-corrected chi connectivity index (χ3v) is 4.45. The molecule has 1 fully saturated rings. The predicted molar refractivity (Wildman–Crippen MR) is 88.0 cm³/mol. The lowest BCUT2D eigenvalue weighted by atomic mass is 10.2. The van der Waals surface area contributed by atoms with E-state index in [1.165, 1.54) is 0 Å². The number of likely N-dealkylation sites (tertiary alicyclic amines) is 1. The van der Waals surface area contributed by atoms with Crippen LogP contribution in [0.5, 0.6) is 0 Å². The fraction of sp³-hybridized carbons (Fsp3) is 0.400. The van der Waals surface area contributed by atoms with Crippen LogP contribution in [0, 0.1) is 0 Å². The maximum Gasteiger partial charge on any atom is 0.245 e. The fourth-order valence-electron chi connectivity index (χ4n) is 2.41. The molecule has 114 valence electrons. The second-order valence-corrected chi connectivity index (χ2v) is 6.93. The first kappa shape index (κ1) is 16.0. The number of benzene rings is 1. The molecule has 1 heterocycles. The van der Waals surface area contributed by atoms with Crippen LogP contribution in [-0.4, -0.2) is 40.4 Å². The van der Waals surface area contributed by atoms with Crippen LogP contribution < -0.4 is 5.32 Å². The second kappa shape index (κ2) is 7.09. The fourth-order valence-corrected chi connectivity index (χ4v) is 3.23. The summed E-state index contributed by atoms with van der Waals surface area (Å²) in [7, 11) is -0.908. The number of carbonyl (C=O) groups is 1.